The Bertz CT molecular complexity index is 557. The van der Waals surface area contributed by atoms with Crippen molar-refractivity contribution < 1.29 is 9.59 Å². The van der Waals surface area contributed by atoms with E-state index in [2.05, 4.69) is 10.2 Å². The molecule has 0 aliphatic carbocycles. The molecule has 1 atom stereocenters. The first-order valence-electron chi connectivity index (χ1n) is 8.06. The van der Waals surface area contributed by atoms with Gasteiger partial charge in [0.05, 0.1) is 17.3 Å². The van der Waals surface area contributed by atoms with E-state index in [0.29, 0.717) is 30.3 Å². The molecule has 1 heterocycles. The minimum absolute atomic E-state index is 0.0741. The summed E-state index contributed by atoms with van der Waals surface area (Å²) in [5.41, 5.74) is 0.629. The van der Waals surface area contributed by atoms with Gasteiger partial charge in [-0.15, -0.1) is 0 Å². The number of halogens is 1. The standard InChI is InChI=1S/C17H24ClN3O2/c1-3-13(2)17(23)21-10-8-20(9-11-21)12-16(22)19-15-7-5-4-6-14(15)18/h4-7,13H,3,8-12H2,1-2H3,(H,19,22)/t13-/m0/s1. The van der Waals surface area contributed by atoms with E-state index in [0.717, 1.165) is 19.5 Å². The smallest absolute Gasteiger partial charge is 0.238 e. The molecule has 1 aromatic carbocycles. The van der Waals surface area contributed by atoms with E-state index in [-0.39, 0.29) is 17.7 Å². The molecule has 0 aromatic heterocycles. The molecule has 6 heteroatoms. The van der Waals surface area contributed by atoms with Gasteiger partial charge in [0.25, 0.3) is 0 Å². The van der Waals surface area contributed by atoms with Crippen LogP contribution in [0.4, 0.5) is 5.69 Å². The van der Waals surface area contributed by atoms with Crippen LogP contribution < -0.4 is 5.32 Å². The Labute approximate surface area is 142 Å². The van der Waals surface area contributed by atoms with Gasteiger partial charge in [-0.2, -0.15) is 0 Å². The number of amides is 2. The maximum atomic E-state index is 12.2. The number of hydrogen-bond donors (Lipinski definition) is 1. The van der Waals surface area contributed by atoms with Gasteiger partial charge in [0.2, 0.25) is 11.8 Å². The quantitative estimate of drug-likeness (QED) is 0.898. The summed E-state index contributed by atoms with van der Waals surface area (Å²) in [6.07, 6.45) is 0.860. The predicted molar refractivity (Wildman–Crippen MR) is 92.6 cm³/mol. The van der Waals surface area contributed by atoms with Crippen molar-refractivity contribution in [2.45, 2.75) is 20.3 Å². The van der Waals surface area contributed by atoms with E-state index in [1.165, 1.54) is 0 Å². The van der Waals surface area contributed by atoms with Gasteiger partial charge >= 0.3 is 0 Å². The highest BCUT2D eigenvalue weighted by Gasteiger charge is 2.24. The third-order valence-corrected chi connectivity index (χ3v) is 4.56. The second-order valence-corrected chi connectivity index (χ2v) is 6.35. The van der Waals surface area contributed by atoms with Crippen LogP contribution in [0.25, 0.3) is 0 Å². The molecule has 1 aromatic rings. The van der Waals surface area contributed by atoms with Crippen molar-refractivity contribution in [1.29, 1.82) is 0 Å². The largest absolute Gasteiger partial charge is 0.340 e. The Kier molecular flexibility index (Phi) is 6.42. The van der Waals surface area contributed by atoms with Gasteiger partial charge < -0.3 is 10.2 Å². The lowest BCUT2D eigenvalue weighted by Crippen LogP contribution is -2.51. The number of rotatable bonds is 5. The Balaban J connectivity index is 1.79. The van der Waals surface area contributed by atoms with Crippen LogP contribution in [0, 0.1) is 5.92 Å². The highest BCUT2D eigenvalue weighted by atomic mass is 35.5. The monoisotopic (exact) mass is 337 g/mol. The van der Waals surface area contributed by atoms with Gasteiger partial charge in [0, 0.05) is 32.1 Å². The van der Waals surface area contributed by atoms with Crippen LogP contribution in [0.2, 0.25) is 5.02 Å². The molecule has 23 heavy (non-hydrogen) atoms. The lowest BCUT2D eigenvalue weighted by atomic mass is 10.1. The zero-order valence-electron chi connectivity index (χ0n) is 13.7. The lowest BCUT2D eigenvalue weighted by Gasteiger charge is -2.35. The molecule has 0 radical (unpaired) electrons. The lowest BCUT2D eigenvalue weighted by molar-refractivity contribution is -0.136. The number of carbonyl (C=O) groups is 2. The number of benzene rings is 1. The highest BCUT2D eigenvalue weighted by molar-refractivity contribution is 6.33. The van der Waals surface area contributed by atoms with Crippen LogP contribution in [-0.4, -0.2) is 54.3 Å². The van der Waals surface area contributed by atoms with Gasteiger partial charge in [0.15, 0.2) is 0 Å². The minimum atomic E-state index is -0.0835. The van der Waals surface area contributed by atoms with E-state index >= 15 is 0 Å². The van der Waals surface area contributed by atoms with Gasteiger partial charge in [-0.3, -0.25) is 14.5 Å². The molecule has 1 saturated heterocycles. The molecular weight excluding hydrogens is 314 g/mol. The van der Waals surface area contributed by atoms with Crippen molar-refractivity contribution in [3.05, 3.63) is 29.3 Å². The fourth-order valence-electron chi connectivity index (χ4n) is 2.57. The third kappa shape index (κ3) is 4.94. The maximum Gasteiger partial charge on any atom is 0.238 e. The molecule has 5 nitrogen and oxygen atoms in total. The van der Waals surface area contributed by atoms with E-state index < -0.39 is 0 Å². The normalized spacial score (nSPS) is 16.9. The van der Waals surface area contributed by atoms with Crippen molar-refractivity contribution >= 4 is 29.1 Å². The van der Waals surface area contributed by atoms with Crippen LogP contribution >= 0.6 is 11.6 Å². The van der Waals surface area contributed by atoms with Crippen LogP contribution in [0.3, 0.4) is 0 Å². The first-order chi connectivity index (χ1) is 11.0. The molecule has 0 unspecified atom stereocenters. The SMILES string of the molecule is CC[C@H](C)C(=O)N1CCN(CC(=O)Nc2ccccc2Cl)CC1. The molecule has 126 valence electrons. The van der Waals surface area contributed by atoms with Crippen LogP contribution in [0.15, 0.2) is 24.3 Å². The van der Waals surface area contributed by atoms with Crippen molar-refractivity contribution in [2.75, 3.05) is 38.0 Å². The first-order valence-corrected chi connectivity index (χ1v) is 8.44. The molecule has 0 saturated carbocycles. The molecule has 2 amide bonds. The number of nitrogens with zero attached hydrogens (tertiary/aromatic N) is 2. The second-order valence-electron chi connectivity index (χ2n) is 5.94. The molecule has 1 aliphatic heterocycles. The van der Waals surface area contributed by atoms with E-state index in [1.807, 2.05) is 30.9 Å². The molecule has 2 rings (SSSR count). The van der Waals surface area contributed by atoms with E-state index in [4.69, 9.17) is 11.6 Å². The molecule has 1 N–H and O–H groups in total. The van der Waals surface area contributed by atoms with Gasteiger partial charge in [-0.1, -0.05) is 37.6 Å². The zero-order chi connectivity index (χ0) is 16.8. The molecule has 1 fully saturated rings. The van der Waals surface area contributed by atoms with Crippen molar-refractivity contribution in [1.82, 2.24) is 9.80 Å². The summed E-state index contributed by atoms with van der Waals surface area (Å²) in [4.78, 5) is 28.2. The van der Waals surface area contributed by atoms with Gasteiger partial charge in [-0.05, 0) is 18.6 Å². The average molecular weight is 338 g/mol. The maximum absolute atomic E-state index is 12.2. The molecule has 0 bridgehead atoms. The Morgan fingerprint density at radius 2 is 1.87 bits per heavy atom. The number of hydrogen-bond acceptors (Lipinski definition) is 3. The van der Waals surface area contributed by atoms with Crippen LogP contribution in [0.5, 0.6) is 0 Å². The van der Waals surface area contributed by atoms with Crippen LogP contribution in [0.1, 0.15) is 20.3 Å². The third-order valence-electron chi connectivity index (χ3n) is 4.23. The Hall–Kier alpha value is -1.59. The summed E-state index contributed by atoms with van der Waals surface area (Å²) < 4.78 is 0. The second kappa shape index (κ2) is 8.31. The summed E-state index contributed by atoms with van der Waals surface area (Å²) in [7, 11) is 0. The van der Waals surface area contributed by atoms with E-state index in [9.17, 15) is 9.59 Å². The number of nitrogens with one attached hydrogen (secondary N) is 1. The van der Waals surface area contributed by atoms with Gasteiger partial charge in [-0.25, -0.2) is 0 Å². The highest BCUT2D eigenvalue weighted by Crippen LogP contribution is 2.20. The average Bonchev–Trinajstić information content (AvgIpc) is 2.56. The summed E-state index contributed by atoms with van der Waals surface area (Å²) in [6, 6.07) is 7.19. The number of carbonyl (C=O) groups excluding carboxylic acids is 2. The summed E-state index contributed by atoms with van der Waals surface area (Å²) >= 11 is 6.04. The first kappa shape index (κ1) is 17.8. The number of piperazine rings is 1. The van der Waals surface area contributed by atoms with Gasteiger partial charge in [0.1, 0.15) is 0 Å². The van der Waals surface area contributed by atoms with E-state index in [1.54, 1.807) is 12.1 Å². The summed E-state index contributed by atoms with van der Waals surface area (Å²) in [5, 5.41) is 3.36. The molecule has 0 spiro atoms. The zero-order valence-corrected chi connectivity index (χ0v) is 14.5. The fraction of sp³-hybridized carbons (Fsp3) is 0.529. The van der Waals surface area contributed by atoms with Crippen molar-refractivity contribution in [3.63, 3.8) is 0 Å². The van der Waals surface area contributed by atoms with Crippen molar-refractivity contribution in [3.8, 4) is 0 Å². The number of anilines is 1. The Morgan fingerprint density at radius 3 is 2.48 bits per heavy atom. The van der Waals surface area contributed by atoms with Crippen molar-refractivity contribution in [2.24, 2.45) is 5.92 Å². The molecular formula is C17H24ClN3O2. The summed E-state index contributed by atoms with van der Waals surface area (Å²) in [5.74, 6) is 0.206. The summed E-state index contributed by atoms with van der Waals surface area (Å²) in [6.45, 7) is 7.11. The minimum Gasteiger partial charge on any atom is -0.340 e. The topological polar surface area (TPSA) is 52.7 Å². The fourth-order valence-corrected chi connectivity index (χ4v) is 2.75. The number of para-hydroxylation sites is 1. The predicted octanol–water partition coefficient (Wildman–Crippen LogP) is 2.47. The Morgan fingerprint density at radius 1 is 1.22 bits per heavy atom. The van der Waals surface area contributed by atoms with Crippen LogP contribution in [-0.2, 0) is 9.59 Å². The molecule has 1 aliphatic rings.